The van der Waals surface area contributed by atoms with Gasteiger partial charge in [-0.05, 0) is 37.0 Å². The standard InChI is InChI=1S/C14H18N4O2/c1-20-13(19)14(16-17-15)7-9-18(10-8-14)11-12-5-3-2-4-6-12/h2-6H,7-11H2,1H3. The maximum absolute atomic E-state index is 11.8. The van der Waals surface area contributed by atoms with Crippen LogP contribution in [0.25, 0.3) is 10.4 Å². The monoisotopic (exact) mass is 274 g/mol. The van der Waals surface area contributed by atoms with Crippen molar-refractivity contribution in [1.82, 2.24) is 4.90 Å². The molecule has 0 unspecified atom stereocenters. The third-order valence-corrected chi connectivity index (χ3v) is 3.73. The van der Waals surface area contributed by atoms with Gasteiger partial charge in [0.05, 0.1) is 7.11 Å². The molecule has 1 aliphatic rings. The number of likely N-dealkylation sites (tertiary alicyclic amines) is 1. The van der Waals surface area contributed by atoms with Crippen LogP contribution in [0, 0.1) is 0 Å². The number of rotatable bonds is 4. The van der Waals surface area contributed by atoms with Gasteiger partial charge in [0.15, 0.2) is 0 Å². The number of piperidine rings is 1. The lowest BCUT2D eigenvalue weighted by Gasteiger charge is -2.36. The smallest absolute Gasteiger partial charge is 0.317 e. The number of hydrogen-bond acceptors (Lipinski definition) is 4. The topological polar surface area (TPSA) is 78.3 Å². The van der Waals surface area contributed by atoms with Crippen molar-refractivity contribution in [2.24, 2.45) is 5.11 Å². The first-order valence-corrected chi connectivity index (χ1v) is 6.61. The molecular weight excluding hydrogens is 256 g/mol. The Morgan fingerprint density at radius 3 is 2.60 bits per heavy atom. The summed E-state index contributed by atoms with van der Waals surface area (Å²) in [7, 11) is 1.33. The van der Waals surface area contributed by atoms with Crippen LogP contribution < -0.4 is 0 Å². The maximum atomic E-state index is 11.8. The molecule has 6 heteroatoms. The van der Waals surface area contributed by atoms with E-state index in [0.717, 1.165) is 6.54 Å². The molecule has 0 radical (unpaired) electrons. The third kappa shape index (κ3) is 3.10. The Labute approximate surface area is 118 Å². The fourth-order valence-electron chi connectivity index (χ4n) is 2.54. The summed E-state index contributed by atoms with van der Waals surface area (Å²) in [5, 5.41) is 3.71. The van der Waals surface area contributed by atoms with Gasteiger partial charge in [-0.3, -0.25) is 9.69 Å². The zero-order valence-electron chi connectivity index (χ0n) is 11.5. The fraction of sp³-hybridized carbons (Fsp3) is 0.500. The van der Waals surface area contributed by atoms with Gasteiger partial charge in [-0.2, -0.15) is 0 Å². The van der Waals surface area contributed by atoms with Crippen LogP contribution >= 0.6 is 0 Å². The second-order valence-corrected chi connectivity index (χ2v) is 4.97. The van der Waals surface area contributed by atoms with E-state index in [1.807, 2.05) is 18.2 Å². The zero-order chi connectivity index (χ0) is 14.4. The van der Waals surface area contributed by atoms with Gasteiger partial charge in [0.1, 0.15) is 5.54 Å². The predicted molar refractivity (Wildman–Crippen MR) is 74.8 cm³/mol. The number of ether oxygens (including phenoxy) is 1. The summed E-state index contributed by atoms with van der Waals surface area (Å²) in [5.74, 6) is -0.435. The van der Waals surface area contributed by atoms with Gasteiger partial charge >= 0.3 is 5.97 Å². The number of esters is 1. The molecule has 0 N–H and O–H groups in total. The van der Waals surface area contributed by atoms with Crippen LogP contribution in [0.1, 0.15) is 18.4 Å². The molecule has 0 aliphatic carbocycles. The molecule has 106 valence electrons. The van der Waals surface area contributed by atoms with Crippen LogP contribution in [0.5, 0.6) is 0 Å². The minimum absolute atomic E-state index is 0.435. The minimum atomic E-state index is -1.03. The largest absolute Gasteiger partial charge is 0.468 e. The Morgan fingerprint density at radius 1 is 1.40 bits per heavy atom. The first-order chi connectivity index (χ1) is 9.70. The first kappa shape index (κ1) is 14.4. The van der Waals surface area contributed by atoms with Gasteiger partial charge in [-0.1, -0.05) is 35.4 Å². The molecule has 20 heavy (non-hydrogen) atoms. The molecule has 6 nitrogen and oxygen atoms in total. The highest BCUT2D eigenvalue weighted by Crippen LogP contribution is 2.29. The number of benzene rings is 1. The van der Waals surface area contributed by atoms with E-state index in [1.165, 1.54) is 12.7 Å². The van der Waals surface area contributed by atoms with Gasteiger partial charge in [0, 0.05) is 11.5 Å². The van der Waals surface area contributed by atoms with Crippen LogP contribution in [0.2, 0.25) is 0 Å². The lowest BCUT2D eigenvalue weighted by molar-refractivity contribution is -0.149. The average Bonchev–Trinajstić information content (AvgIpc) is 2.50. The number of carbonyl (C=O) groups is 1. The summed E-state index contributed by atoms with van der Waals surface area (Å²) >= 11 is 0. The Balaban J connectivity index is 2.00. The van der Waals surface area contributed by atoms with E-state index >= 15 is 0 Å². The second kappa shape index (κ2) is 6.41. The van der Waals surface area contributed by atoms with Crippen molar-refractivity contribution in [2.75, 3.05) is 20.2 Å². The van der Waals surface area contributed by atoms with Crippen molar-refractivity contribution in [3.05, 3.63) is 46.3 Å². The summed E-state index contributed by atoms with van der Waals surface area (Å²) in [6.07, 6.45) is 0.993. The highest BCUT2D eigenvalue weighted by Gasteiger charge is 2.41. The summed E-state index contributed by atoms with van der Waals surface area (Å²) in [4.78, 5) is 16.9. The number of azide groups is 1. The summed E-state index contributed by atoms with van der Waals surface area (Å²) in [5.41, 5.74) is 8.87. The molecule has 0 bridgehead atoms. The van der Waals surface area contributed by atoms with E-state index in [9.17, 15) is 4.79 Å². The molecule has 1 aromatic carbocycles. The van der Waals surface area contributed by atoms with Crippen LogP contribution in [-0.4, -0.2) is 36.6 Å². The third-order valence-electron chi connectivity index (χ3n) is 3.73. The first-order valence-electron chi connectivity index (χ1n) is 6.61. The molecule has 0 aromatic heterocycles. The van der Waals surface area contributed by atoms with Gasteiger partial charge in [-0.25, -0.2) is 0 Å². The van der Waals surface area contributed by atoms with Crippen molar-refractivity contribution >= 4 is 5.97 Å². The van der Waals surface area contributed by atoms with Gasteiger partial charge in [0.2, 0.25) is 0 Å². The molecule has 0 spiro atoms. The number of carbonyl (C=O) groups excluding carboxylic acids is 1. The van der Waals surface area contributed by atoms with Gasteiger partial charge in [-0.15, -0.1) is 0 Å². The fourth-order valence-corrected chi connectivity index (χ4v) is 2.54. The van der Waals surface area contributed by atoms with E-state index in [0.29, 0.717) is 25.9 Å². The van der Waals surface area contributed by atoms with Crippen LogP contribution in [0.15, 0.2) is 35.4 Å². The van der Waals surface area contributed by atoms with E-state index < -0.39 is 11.5 Å². The lowest BCUT2D eigenvalue weighted by atomic mass is 9.88. The highest BCUT2D eigenvalue weighted by molar-refractivity contribution is 5.81. The SMILES string of the molecule is COC(=O)C1(N=[N+]=[N-])CCN(Cc2ccccc2)CC1. The molecule has 0 saturated carbocycles. The highest BCUT2D eigenvalue weighted by atomic mass is 16.5. The average molecular weight is 274 g/mol. The maximum Gasteiger partial charge on any atom is 0.317 e. The van der Waals surface area contributed by atoms with E-state index in [1.54, 1.807) is 0 Å². The Hall–Kier alpha value is -2.04. The molecule has 1 heterocycles. The molecule has 2 rings (SSSR count). The van der Waals surface area contributed by atoms with E-state index in [4.69, 9.17) is 10.3 Å². The Kier molecular flexibility index (Phi) is 4.61. The molecular formula is C14H18N4O2. The molecule has 1 aliphatic heterocycles. The Bertz CT molecular complexity index is 503. The van der Waals surface area contributed by atoms with Gasteiger partial charge in [0.25, 0.3) is 0 Å². The van der Waals surface area contributed by atoms with E-state index in [-0.39, 0.29) is 0 Å². The van der Waals surface area contributed by atoms with E-state index in [2.05, 4.69) is 27.1 Å². The summed E-state index contributed by atoms with van der Waals surface area (Å²) in [6.45, 7) is 2.26. The molecule has 1 aromatic rings. The summed E-state index contributed by atoms with van der Waals surface area (Å²) in [6, 6.07) is 10.2. The van der Waals surface area contributed by atoms with Crippen LogP contribution in [0.3, 0.4) is 0 Å². The van der Waals surface area contributed by atoms with Crippen LogP contribution in [0.4, 0.5) is 0 Å². The van der Waals surface area contributed by atoms with Crippen molar-refractivity contribution in [2.45, 2.75) is 24.9 Å². The van der Waals surface area contributed by atoms with Crippen LogP contribution in [-0.2, 0) is 16.1 Å². The van der Waals surface area contributed by atoms with Gasteiger partial charge < -0.3 is 4.74 Å². The lowest BCUT2D eigenvalue weighted by Crippen LogP contribution is -2.48. The second-order valence-electron chi connectivity index (χ2n) is 4.97. The van der Waals surface area contributed by atoms with Crippen molar-refractivity contribution in [3.8, 4) is 0 Å². The minimum Gasteiger partial charge on any atom is -0.468 e. The molecule has 1 fully saturated rings. The Morgan fingerprint density at radius 2 is 2.05 bits per heavy atom. The summed E-state index contributed by atoms with van der Waals surface area (Å²) < 4.78 is 4.78. The predicted octanol–water partition coefficient (Wildman–Crippen LogP) is 2.50. The van der Waals surface area contributed by atoms with Crippen molar-refractivity contribution in [3.63, 3.8) is 0 Å². The van der Waals surface area contributed by atoms with Crippen molar-refractivity contribution in [1.29, 1.82) is 0 Å². The number of methoxy groups -OCH3 is 1. The quantitative estimate of drug-likeness (QED) is 0.366. The zero-order valence-corrected chi connectivity index (χ0v) is 11.5. The normalized spacial score (nSPS) is 18.1. The molecule has 1 saturated heterocycles. The number of nitrogens with zero attached hydrogens (tertiary/aromatic N) is 4. The number of hydrogen-bond donors (Lipinski definition) is 0. The molecule has 0 amide bonds. The molecule has 0 atom stereocenters. The van der Waals surface area contributed by atoms with Crippen molar-refractivity contribution < 1.29 is 9.53 Å².